The van der Waals surface area contributed by atoms with Crippen molar-refractivity contribution in [2.45, 2.75) is 38.1 Å². The Morgan fingerprint density at radius 1 is 1.27 bits per heavy atom. The zero-order valence-electron chi connectivity index (χ0n) is 17.1. The second-order valence-electron chi connectivity index (χ2n) is 7.18. The van der Waals surface area contributed by atoms with Gasteiger partial charge in [-0.1, -0.05) is 18.7 Å². The average Bonchev–Trinajstić information content (AvgIpc) is 3.36. The smallest absolute Gasteiger partial charge is 0.410 e. The Morgan fingerprint density at radius 2 is 2.07 bits per heavy atom. The minimum absolute atomic E-state index is 0.0785. The van der Waals surface area contributed by atoms with Crippen LogP contribution in [-0.2, 0) is 19.1 Å². The van der Waals surface area contributed by atoms with Crippen LogP contribution >= 0.6 is 0 Å². The van der Waals surface area contributed by atoms with Gasteiger partial charge in [-0.3, -0.25) is 4.79 Å². The lowest BCUT2D eigenvalue weighted by atomic mass is 9.83. The average molecular weight is 417 g/mol. The second kappa shape index (κ2) is 10.1. The Bertz CT molecular complexity index is 794. The fraction of sp³-hybridized carbons (Fsp3) is 0.500. The first-order chi connectivity index (χ1) is 14.6. The van der Waals surface area contributed by atoms with Crippen molar-refractivity contribution in [2.24, 2.45) is 5.92 Å². The lowest BCUT2D eigenvalue weighted by Crippen LogP contribution is -2.40. The number of amides is 1. The Kier molecular flexibility index (Phi) is 7.32. The van der Waals surface area contributed by atoms with Gasteiger partial charge in [-0.05, 0) is 37.5 Å². The SMILES string of the molecule is C=CCOC(=O)N1C[C@H](c2ccc3c(c2)OCO3)[C@@H](C(=O)OCC)[C@@H]1CCCC=O. The van der Waals surface area contributed by atoms with E-state index >= 15 is 0 Å². The van der Waals surface area contributed by atoms with E-state index in [0.717, 1.165) is 11.8 Å². The van der Waals surface area contributed by atoms with E-state index in [1.54, 1.807) is 17.9 Å². The van der Waals surface area contributed by atoms with Gasteiger partial charge < -0.3 is 28.6 Å². The highest BCUT2D eigenvalue weighted by atomic mass is 16.7. The van der Waals surface area contributed by atoms with Crippen molar-refractivity contribution >= 4 is 18.3 Å². The van der Waals surface area contributed by atoms with E-state index in [0.29, 0.717) is 37.3 Å². The summed E-state index contributed by atoms with van der Waals surface area (Å²) in [5, 5.41) is 0. The molecule has 3 rings (SSSR count). The molecule has 2 aliphatic rings. The van der Waals surface area contributed by atoms with Crippen LogP contribution in [0.3, 0.4) is 0 Å². The molecular weight excluding hydrogens is 390 g/mol. The minimum atomic E-state index is -0.576. The maximum absolute atomic E-state index is 12.9. The molecule has 1 fully saturated rings. The summed E-state index contributed by atoms with van der Waals surface area (Å²) in [6.07, 6.45) is 3.23. The van der Waals surface area contributed by atoms with Gasteiger partial charge in [0.1, 0.15) is 12.9 Å². The molecule has 0 radical (unpaired) electrons. The van der Waals surface area contributed by atoms with Crippen LogP contribution < -0.4 is 9.47 Å². The van der Waals surface area contributed by atoms with Gasteiger partial charge in [-0.2, -0.15) is 0 Å². The number of aldehydes is 1. The fourth-order valence-electron chi connectivity index (χ4n) is 4.11. The second-order valence-corrected chi connectivity index (χ2v) is 7.18. The third kappa shape index (κ3) is 4.58. The maximum Gasteiger partial charge on any atom is 0.410 e. The van der Waals surface area contributed by atoms with E-state index in [9.17, 15) is 14.4 Å². The highest BCUT2D eigenvalue weighted by molar-refractivity contribution is 5.78. The number of esters is 1. The number of benzene rings is 1. The molecule has 1 aromatic carbocycles. The molecule has 30 heavy (non-hydrogen) atoms. The highest BCUT2D eigenvalue weighted by Gasteiger charge is 2.49. The molecule has 3 atom stereocenters. The number of ether oxygens (including phenoxy) is 4. The van der Waals surface area contributed by atoms with Crippen LogP contribution in [0.5, 0.6) is 11.5 Å². The predicted octanol–water partition coefficient (Wildman–Crippen LogP) is 3.05. The molecular formula is C22H27NO7. The molecule has 1 aromatic rings. The van der Waals surface area contributed by atoms with Crippen molar-refractivity contribution in [3.63, 3.8) is 0 Å². The molecule has 8 nitrogen and oxygen atoms in total. The minimum Gasteiger partial charge on any atom is -0.466 e. The summed E-state index contributed by atoms with van der Waals surface area (Å²) in [4.78, 5) is 38.1. The maximum atomic E-state index is 12.9. The first-order valence-electron chi connectivity index (χ1n) is 10.1. The van der Waals surface area contributed by atoms with Crippen LogP contribution in [0.2, 0.25) is 0 Å². The van der Waals surface area contributed by atoms with Crippen LogP contribution in [0.15, 0.2) is 30.9 Å². The largest absolute Gasteiger partial charge is 0.466 e. The molecule has 1 saturated heterocycles. The number of carbonyl (C=O) groups is 3. The highest BCUT2D eigenvalue weighted by Crippen LogP contribution is 2.43. The van der Waals surface area contributed by atoms with E-state index in [1.807, 2.05) is 12.1 Å². The molecule has 8 heteroatoms. The summed E-state index contributed by atoms with van der Waals surface area (Å²) in [7, 11) is 0. The van der Waals surface area contributed by atoms with Crippen LogP contribution in [0.25, 0.3) is 0 Å². The van der Waals surface area contributed by atoms with Gasteiger partial charge in [0.15, 0.2) is 11.5 Å². The van der Waals surface area contributed by atoms with Crippen LogP contribution in [0, 0.1) is 5.92 Å². The molecule has 2 aliphatic heterocycles. The number of likely N-dealkylation sites (tertiary alicyclic amines) is 1. The molecule has 1 amide bonds. The van der Waals surface area contributed by atoms with E-state index < -0.39 is 18.1 Å². The van der Waals surface area contributed by atoms with Gasteiger partial charge in [0.25, 0.3) is 0 Å². The van der Waals surface area contributed by atoms with Gasteiger partial charge in [0.05, 0.1) is 12.5 Å². The number of hydrogen-bond acceptors (Lipinski definition) is 7. The number of unbranched alkanes of at least 4 members (excludes halogenated alkanes) is 1. The van der Waals surface area contributed by atoms with Crippen molar-refractivity contribution in [1.29, 1.82) is 0 Å². The van der Waals surface area contributed by atoms with E-state index in [1.165, 1.54) is 6.08 Å². The quantitative estimate of drug-likeness (QED) is 0.264. The molecule has 0 aliphatic carbocycles. The van der Waals surface area contributed by atoms with Crippen LogP contribution in [0.1, 0.15) is 37.7 Å². The zero-order valence-corrected chi connectivity index (χ0v) is 17.1. The molecule has 0 aromatic heterocycles. The molecule has 0 bridgehead atoms. The standard InChI is InChI=1S/C22H27NO7/c1-3-11-28-22(26)23-13-16(15-8-9-18-19(12-15)30-14-29-18)20(21(25)27-4-2)17(23)7-5-6-10-24/h3,8-10,12,16-17,20H,1,4-7,11,13-14H2,2H3/t16-,17+,20-/m1/s1. The van der Waals surface area contributed by atoms with Crippen molar-refractivity contribution in [1.82, 2.24) is 4.90 Å². The summed E-state index contributed by atoms with van der Waals surface area (Å²) >= 11 is 0. The monoisotopic (exact) mass is 417 g/mol. The van der Waals surface area contributed by atoms with Crippen molar-refractivity contribution in [3.8, 4) is 11.5 Å². The number of nitrogens with zero attached hydrogens (tertiary/aromatic N) is 1. The summed E-state index contributed by atoms with van der Waals surface area (Å²) in [5.74, 6) is 0.0223. The van der Waals surface area contributed by atoms with Crippen LogP contribution in [-0.4, -0.2) is 55.8 Å². The number of carbonyl (C=O) groups excluding carboxylic acids is 3. The summed E-state index contributed by atoms with van der Waals surface area (Å²) in [6, 6.07) is 5.10. The van der Waals surface area contributed by atoms with Gasteiger partial charge in [0, 0.05) is 24.9 Å². The van der Waals surface area contributed by atoms with Gasteiger partial charge in [-0.15, -0.1) is 0 Å². The molecule has 162 valence electrons. The summed E-state index contributed by atoms with van der Waals surface area (Å²) in [5.41, 5.74) is 0.858. The molecule has 0 unspecified atom stereocenters. The Labute approximate surface area is 175 Å². The fourth-order valence-corrected chi connectivity index (χ4v) is 4.11. The Morgan fingerprint density at radius 3 is 2.80 bits per heavy atom. The number of rotatable bonds is 9. The molecule has 0 spiro atoms. The normalized spacial score (nSPS) is 21.9. The van der Waals surface area contributed by atoms with Crippen LogP contribution in [0.4, 0.5) is 4.79 Å². The topological polar surface area (TPSA) is 91.4 Å². The van der Waals surface area contributed by atoms with Gasteiger partial charge in [-0.25, -0.2) is 4.79 Å². The van der Waals surface area contributed by atoms with E-state index in [2.05, 4.69) is 6.58 Å². The predicted molar refractivity (Wildman–Crippen MR) is 107 cm³/mol. The van der Waals surface area contributed by atoms with Gasteiger partial charge in [0.2, 0.25) is 6.79 Å². The third-order valence-corrected chi connectivity index (χ3v) is 5.41. The van der Waals surface area contributed by atoms with Crippen molar-refractivity contribution in [2.75, 3.05) is 26.6 Å². The summed E-state index contributed by atoms with van der Waals surface area (Å²) in [6.45, 7) is 6.09. The van der Waals surface area contributed by atoms with Gasteiger partial charge >= 0.3 is 12.1 Å². The van der Waals surface area contributed by atoms with E-state index in [-0.39, 0.29) is 31.9 Å². The first-order valence-corrected chi connectivity index (χ1v) is 10.1. The lowest BCUT2D eigenvalue weighted by Gasteiger charge is -2.27. The number of fused-ring (bicyclic) bond motifs is 1. The molecule has 2 heterocycles. The Balaban J connectivity index is 1.93. The van der Waals surface area contributed by atoms with Crippen molar-refractivity contribution in [3.05, 3.63) is 36.4 Å². The first kappa shape index (κ1) is 21.7. The zero-order chi connectivity index (χ0) is 21.5. The Hall–Kier alpha value is -3.03. The summed E-state index contributed by atoms with van der Waals surface area (Å²) < 4.78 is 21.5. The third-order valence-electron chi connectivity index (χ3n) is 5.41. The van der Waals surface area contributed by atoms with E-state index in [4.69, 9.17) is 18.9 Å². The molecule has 0 saturated carbocycles. The lowest BCUT2D eigenvalue weighted by molar-refractivity contribution is -0.149. The molecule has 0 N–H and O–H groups in total. The van der Waals surface area contributed by atoms with Crippen molar-refractivity contribution < 1.29 is 33.3 Å². The number of hydrogen-bond donors (Lipinski definition) is 0.